The van der Waals surface area contributed by atoms with Crippen molar-refractivity contribution >= 4 is 15.5 Å². The SMILES string of the molecule is Nc1ccc(CS(=O)(=O)CCCCOc2ccccc2)cc1. The lowest BCUT2D eigenvalue weighted by molar-refractivity contribution is 0.309. The molecule has 0 spiro atoms. The highest BCUT2D eigenvalue weighted by Crippen LogP contribution is 2.12. The third kappa shape index (κ3) is 5.77. The first-order valence-corrected chi connectivity index (χ1v) is 9.10. The molecule has 2 rings (SSSR count). The summed E-state index contributed by atoms with van der Waals surface area (Å²) < 4.78 is 29.6. The summed E-state index contributed by atoms with van der Waals surface area (Å²) >= 11 is 0. The van der Waals surface area contributed by atoms with Crippen molar-refractivity contribution in [3.05, 3.63) is 60.2 Å². The number of rotatable bonds is 8. The van der Waals surface area contributed by atoms with E-state index in [1.54, 1.807) is 24.3 Å². The Balaban J connectivity index is 1.70. The maximum absolute atomic E-state index is 12.0. The fraction of sp³-hybridized carbons (Fsp3) is 0.294. The standard InChI is InChI=1S/C17H21NO3S/c18-16-10-8-15(9-11-16)14-22(19,20)13-5-4-12-21-17-6-2-1-3-7-17/h1-3,6-11H,4-5,12-14,18H2. The van der Waals surface area contributed by atoms with E-state index in [1.807, 2.05) is 30.3 Å². The van der Waals surface area contributed by atoms with Gasteiger partial charge in [0, 0.05) is 5.69 Å². The van der Waals surface area contributed by atoms with E-state index in [4.69, 9.17) is 10.5 Å². The fourth-order valence-electron chi connectivity index (χ4n) is 2.07. The van der Waals surface area contributed by atoms with Crippen molar-refractivity contribution in [3.63, 3.8) is 0 Å². The van der Waals surface area contributed by atoms with Crippen molar-refractivity contribution in [2.75, 3.05) is 18.1 Å². The summed E-state index contributed by atoms with van der Waals surface area (Å²) in [6.45, 7) is 0.529. The predicted molar refractivity (Wildman–Crippen MR) is 89.5 cm³/mol. The smallest absolute Gasteiger partial charge is 0.154 e. The second kappa shape index (κ2) is 7.84. The van der Waals surface area contributed by atoms with Crippen molar-refractivity contribution in [2.45, 2.75) is 18.6 Å². The van der Waals surface area contributed by atoms with Crippen LogP contribution in [-0.2, 0) is 15.6 Å². The van der Waals surface area contributed by atoms with Crippen molar-refractivity contribution in [3.8, 4) is 5.75 Å². The van der Waals surface area contributed by atoms with Crippen LogP contribution in [0.4, 0.5) is 5.69 Å². The first kappa shape index (κ1) is 16.4. The Hall–Kier alpha value is -2.01. The molecule has 0 radical (unpaired) electrons. The van der Waals surface area contributed by atoms with Gasteiger partial charge in [0.1, 0.15) is 5.75 Å². The number of anilines is 1. The van der Waals surface area contributed by atoms with Crippen LogP contribution in [0.15, 0.2) is 54.6 Å². The number of nitrogen functional groups attached to an aromatic ring is 1. The van der Waals surface area contributed by atoms with E-state index in [0.29, 0.717) is 18.7 Å². The molecule has 0 atom stereocenters. The molecule has 0 aliphatic heterocycles. The molecule has 0 fully saturated rings. The zero-order valence-electron chi connectivity index (χ0n) is 12.4. The maximum atomic E-state index is 12.0. The monoisotopic (exact) mass is 319 g/mol. The van der Waals surface area contributed by atoms with E-state index in [1.165, 1.54) is 0 Å². The average Bonchev–Trinajstić information content (AvgIpc) is 2.50. The second-order valence-corrected chi connectivity index (χ2v) is 7.39. The highest BCUT2D eigenvalue weighted by Gasteiger charge is 2.11. The molecule has 0 bridgehead atoms. The summed E-state index contributed by atoms with van der Waals surface area (Å²) in [5.74, 6) is 1.05. The number of benzene rings is 2. The van der Waals surface area contributed by atoms with Crippen molar-refractivity contribution in [1.29, 1.82) is 0 Å². The van der Waals surface area contributed by atoms with Gasteiger partial charge >= 0.3 is 0 Å². The molecule has 0 saturated carbocycles. The molecule has 5 heteroatoms. The number of hydrogen-bond donors (Lipinski definition) is 1. The van der Waals surface area contributed by atoms with Gasteiger partial charge in [-0.15, -0.1) is 0 Å². The van der Waals surface area contributed by atoms with Gasteiger partial charge < -0.3 is 10.5 Å². The van der Waals surface area contributed by atoms with Crippen LogP contribution in [0.25, 0.3) is 0 Å². The molecule has 2 aromatic rings. The number of unbranched alkanes of at least 4 members (excludes halogenated alkanes) is 1. The van der Waals surface area contributed by atoms with Gasteiger partial charge in [-0.05, 0) is 42.7 Å². The number of hydrogen-bond acceptors (Lipinski definition) is 4. The summed E-state index contributed by atoms with van der Waals surface area (Å²) in [7, 11) is -3.09. The molecule has 0 amide bonds. The zero-order valence-corrected chi connectivity index (χ0v) is 13.3. The number of nitrogens with two attached hydrogens (primary N) is 1. The van der Waals surface area contributed by atoms with Crippen LogP contribution in [0.1, 0.15) is 18.4 Å². The van der Waals surface area contributed by atoms with Crippen LogP contribution < -0.4 is 10.5 Å². The Bertz CT molecular complexity index is 667. The second-order valence-electron chi connectivity index (χ2n) is 5.20. The van der Waals surface area contributed by atoms with Gasteiger partial charge in [-0.2, -0.15) is 0 Å². The molecular formula is C17H21NO3S. The summed E-state index contributed by atoms with van der Waals surface area (Å²) in [5, 5.41) is 0. The summed E-state index contributed by atoms with van der Waals surface area (Å²) in [6, 6.07) is 16.5. The predicted octanol–water partition coefficient (Wildman–Crippen LogP) is 3.04. The summed E-state index contributed by atoms with van der Waals surface area (Å²) in [4.78, 5) is 0. The van der Waals surface area contributed by atoms with E-state index in [2.05, 4.69) is 0 Å². The molecule has 0 aliphatic carbocycles. The maximum Gasteiger partial charge on any atom is 0.154 e. The molecular weight excluding hydrogens is 298 g/mol. The van der Waals surface area contributed by atoms with Gasteiger partial charge in [0.2, 0.25) is 0 Å². The first-order valence-electron chi connectivity index (χ1n) is 7.28. The summed E-state index contributed by atoms with van der Waals surface area (Å²) in [6.07, 6.45) is 1.32. The third-order valence-electron chi connectivity index (χ3n) is 3.23. The molecule has 2 aromatic carbocycles. The lowest BCUT2D eigenvalue weighted by Crippen LogP contribution is -2.10. The number of ether oxygens (including phenoxy) is 1. The molecule has 2 N–H and O–H groups in total. The molecule has 0 heterocycles. The van der Waals surface area contributed by atoms with Crippen LogP contribution in [0, 0.1) is 0 Å². The number of sulfone groups is 1. The van der Waals surface area contributed by atoms with Crippen molar-refractivity contribution < 1.29 is 13.2 Å². The Labute approximate surface area is 131 Å². The molecule has 0 aromatic heterocycles. The molecule has 0 aliphatic rings. The molecule has 4 nitrogen and oxygen atoms in total. The molecule has 118 valence electrons. The van der Waals surface area contributed by atoms with Gasteiger partial charge in [-0.25, -0.2) is 8.42 Å². The Morgan fingerprint density at radius 3 is 2.27 bits per heavy atom. The van der Waals surface area contributed by atoms with E-state index >= 15 is 0 Å². The molecule has 0 unspecified atom stereocenters. The van der Waals surface area contributed by atoms with Crippen molar-refractivity contribution in [2.24, 2.45) is 0 Å². The van der Waals surface area contributed by atoms with E-state index in [-0.39, 0.29) is 11.5 Å². The Morgan fingerprint density at radius 2 is 1.59 bits per heavy atom. The van der Waals surface area contributed by atoms with E-state index in [0.717, 1.165) is 17.7 Å². The minimum Gasteiger partial charge on any atom is -0.494 e. The highest BCUT2D eigenvalue weighted by molar-refractivity contribution is 7.90. The quantitative estimate of drug-likeness (QED) is 0.600. The highest BCUT2D eigenvalue weighted by atomic mass is 32.2. The van der Waals surface area contributed by atoms with Gasteiger partial charge in [0.05, 0.1) is 18.1 Å². The minimum atomic E-state index is -3.09. The normalized spacial score (nSPS) is 11.3. The van der Waals surface area contributed by atoms with Gasteiger partial charge in [-0.3, -0.25) is 0 Å². The molecule has 22 heavy (non-hydrogen) atoms. The average molecular weight is 319 g/mol. The van der Waals surface area contributed by atoms with Crippen LogP contribution in [0.2, 0.25) is 0 Å². The number of para-hydroxylation sites is 1. The fourth-order valence-corrected chi connectivity index (χ4v) is 3.56. The van der Waals surface area contributed by atoms with E-state index in [9.17, 15) is 8.42 Å². The van der Waals surface area contributed by atoms with Gasteiger partial charge in [-0.1, -0.05) is 30.3 Å². The van der Waals surface area contributed by atoms with Crippen LogP contribution in [0.3, 0.4) is 0 Å². The van der Waals surface area contributed by atoms with Crippen LogP contribution in [-0.4, -0.2) is 20.8 Å². The lowest BCUT2D eigenvalue weighted by Gasteiger charge is -2.07. The zero-order chi connectivity index (χ0) is 15.8. The lowest BCUT2D eigenvalue weighted by atomic mass is 10.2. The molecule has 0 saturated heterocycles. The van der Waals surface area contributed by atoms with Crippen molar-refractivity contribution in [1.82, 2.24) is 0 Å². The van der Waals surface area contributed by atoms with Crippen LogP contribution in [0.5, 0.6) is 5.75 Å². The van der Waals surface area contributed by atoms with Crippen LogP contribution >= 0.6 is 0 Å². The topological polar surface area (TPSA) is 69.4 Å². The Morgan fingerprint density at radius 1 is 0.909 bits per heavy atom. The first-order chi connectivity index (χ1) is 10.6. The van der Waals surface area contributed by atoms with E-state index < -0.39 is 9.84 Å². The van der Waals surface area contributed by atoms with Gasteiger partial charge in [0.25, 0.3) is 0 Å². The summed E-state index contributed by atoms with van der Waals surface area (Å²) in [5.41, 5.74) is 7.00. The minimum absolute atomic E-state index is 0.0623. The Kier molecular flexibility index (Phi) is 5.83. The van der Waals surface area contributed by atoms with Gasteiger partial charge in [0.15, 0.2) is 9.84 Å². The third-order valence-corrected chi connectivity index (χ3v) is 4.91. The largest absolute Gasteiger partial charge is 0.494 e.